The van der Waals surface area contributed by atoms with E-state index in [2.05, 4.69) is 20.2 Å². The molecule has 2 heterocycles. The summed E-state index contributed by atoms with van der Waals surface area (Å²) in [5.74, 6) is 1.80. The Kier molecular flexibility index (Phi) is 5.04. The van der Waals surface area contributed by atoms with Crippen molar-refractivity contribution in [1.29, 1.82) is 0 Å². The van der Waals surface area contributed by atoms with E-state index < -0.39 is 0 Å². The van der Waals surface area contributed by atoms with Gasteiger partial charge < -0.3 is 15.0 Å². The van der Waals surface area contributed by atoms with E-state index >= 15 is 0 Å². The van der Waals surface area contributed by atoms with Crippen LogP contribution in [0.1, 0.15) is 37.7 Å². The Morgan fingerprint density at radius 1 is 1.24 bits per heavy atom. The molecule has 21 heavy (non-hydrogen) atoms. The normalized spacial score (nSPS) is 25.1. The highest BCUT2D eigenvalue weighted by atomic mass is 16.5. The number of methoxy groups -OCH3 is 1. The van der Waals surface area contributed by atoms with E-state index in [1.807, 2.05) is 12.4 Å². The lowest BCUT2D eigenvalue weighted by atomic mass is 9.92. The molecule has 1 aliphatic heterocycles. The van der Waals surface area contributed by atoms with Crippen LogP contribution in [-0.2, 0) is 11.3 Å². The predicted molar refractivity (Wildman–Crippen MR) is 83.3 cm³/mol. The molecule has 2 aliphatic rings. The van der Waals surface area contributed by atoms with Crippen molar-refractivity contribution in [3.8, 4) is 0 Å². The van der Waals surface area contributed by atoms with E-state index in [1.54, 1.807) is 7.11 Å². The van der Waals surface area contributed by atoms with Crippen LogP contribution in [-0.4, -0.2) is 42.8 Å². The molecule has 0 amide bonds. The van der Waals surface area contributed by atoms with Gasteiger partial charge in [-0.15, -0.1) is 0 Å². The number of hydrogen-bond donors (Lipinski definition) is 1. The molecule has 1 aliphatic carbocycles. The highest BCUT2D eigenvalue weighted by molar-refractivity contribution is 5.33. The quantitative estimate of drug-likeness (QED) is 0.812. The predicted octanol–water partition coefficient (Wildman–Crippen LogP) is 1.98. The van der Waals surface area contributed by atoms with Crippen molar-refractivity contribution in [2.24, 2.45) is 5.92 Å². The molecule has 116 valence electrons. The van der Waals surface area contributed by atoms with Gasteiger partial charge in [0.05, 0.1) is 6.61 Å². The number of hydrogen-bond acceptors (Lipinski definition) is 5. The molecule has 1 N–H and O–H groups in total. The lowest BCUT2D eigenvalue weighted by molar-refractivity contribution is 0.199. The number of piperidine rings is 1. The molecule has 1 aromatic rings. The van der Waals surface area contributed by atoms with Crippen molar-refractivity contribution in [2.75, 3.05) is 31.7 Å². The summed E-state index contributed by atoms with van der Waals surface area (Å²) in [5, 5.41) is 3.32. The first-order chi connectivity index (χ1) is 10.4. The van der Waals surface area contributed by atoms with Crippen molar-refractivity contribution < 1.29 is 4.74 Å². The van der Waals surface area contributed by atoms with Crippen LogP contribution in [0.25, 0.3) is 0 Å². The maximum Gasteiger partial charge on any atom is 0.225 e. The third kappa shape index (κ3) is 3.52. The fourth-order valence-electron chi connectivity index (χ4n) is 3.70. The molecular weight excluding hydrogens is 264 g/mol. The lowest BCUT2D eigenvalue weighted by Crippen LogP contribution is -2.43. The third-order valence-electron chi connectivity index (χ3n) is 4.75. The summed E-state index contributed by atoms with van der Waals surface area (Å²) in [6.45, 7) is 3.51. The Morgan fingerprint density at radius 3 is 2.86 bits per heavy atom. The molecule has 5 heteroatoms. The Bertz CT molecular complexity index is 436. The molecule has 2 atom stereocenters. The van der Waals surface area contributed by atoms with Crippen molar-refractivity contribution in [3.63, 3.8) is 0 Å². The van der Waals surface area contributed by atoms with Gasteiger partial charge in [0, 0.05) is 50.7 Å². The van der Waals surface area contributed by atoms with Gasteiger partial charge in [-0.3, -0.25) is 0 Å². The minimum absolute atomic E-state index is 0.685. The molecule has 5 nitrogen and oxygen atoms in total. The number of ether oxygens (including phenoxy) is 1. The molecule has 1 saturated heterocycles. The Balaban J connectivity index is 1.58. The minimum atomic E-state index is 0.685. The summed E-state index contributed by atoms with van der Waals surface area (Å²) >= 11 is 0. The van der Waals surface area contributed by atoms with Crippen LogP contribution in [0.4, 0.5) is 5.95 Å². The first kappa shape index (κ1) is 14.7. The summed E-state index contributed by atoms with van der Waals surface area (Å²) in [6.07, 6.45) is 10.7. The van der Waals surface area contributed by atoms with Gasteiger partial charge in [-0.2, -0.15) is 0 Å². The minimum Gasteiger partial charge on any atom is -0.383 e. The fourth-order valence-corrected chi connectivity index (χ4v) is 3.70. The van der Waals surface area contributed by atoms with E-state index in [-0.39, 0.29) is 0 Å². The summed E-state index contributed by atoms with van der Waals surface area (Å²) in [4.78, 5) is 11.7. The van der Waals surface area contributed by atoms with Gasteiger partial charge in [0.1, 0.15) is 0 Å². The summed E-state index contributed by atoms with van der Waals surface area (Å²) in [5.41, 5.74) is 1.13. The third-order valence-corrected chi connectivity index (χ3v) is 4.75. The van der Waals surface area contributed by atoms with E-state index in [0.717, 1.165) is 43.7 Å². The smallest absolute Gasteiger partial charge is 0.225 e. The highest BCUT2D eigenvalue weighted by Crippen LogP contribution is 2.37. The van der Waals surface area contributed by atoms with Gasteiger partial charge in [0.15, 0.2) is 0 Å². The van der Waals surface area contributed by atoms with Crippen LogP contribution in [0.5, 0.6) is 0 Å². The van der Waals surface area contributed by atoms with E-state index in [9.17, 15) is 0 Å². The molecule has 0 radical (unpaired) electrons. The van der Waals surface area contributed by atoms with Gasteiger partial charge in [0.2, 0.25) is 5.95 Å². The van der Waals surface area contributed by atoms with Gasteiger partial charge >= 0.3 is 0 Å². The second-order valence-electron chi connectivity index (χ2n) is 6.15. The largest absolute Gasteiger partial charge is 0.383 e. The van der Waals surface area contributed by atoms with Crippen LogP contribution >= 0.6 is 0 Å². The second kappa shape index (κ2) is 7.18. The zero-order chi connectivity index (χ0) is 14.5. The van der Waals surface area contributed by atoms with Gasteiger partial charge in [-0.1, -0.05) is 6.42 Å². The second-order valence-corrected chi connectivity index (χ2v) is 6.15. The molecule has 2 unspecified atom stereocenters. The summed E-state index contributed by atoms with van der Waals surface area (Å²) in [7, 11) is 1.72. The number of aromatic nitrogens is 2. The number of rotatable bonds is 6. The van der Waals surface area contributed by atoms with Crippen LogP contribution < -0.4 is 10.2 Å². The maximum atomic E-state index is 5.02. The Labute approximate surface area is 127 Å². The van der Waals surface area contributed by atoms with Crippen LogP contribution in [0, 0.1) is 5.92 Å². The first-order valence-corrected chi connectivity index (χ1v) is 8.15. The maximum absolute atomic E-state index is 5.02. The lowest BCUT2D eigenvalue weighted by Gasteiger charge is -2.37. The molecule has 2 fully saturated rings. The molecule has 1 saturated carbocycles. The molecule has 0 spiro atoms. The first-order valence-electron chi connectivity index (χ1n) is 8.15. The summed E-state index contributed by atoms with van der Waals surface area (Å²) < 4.78 is 5.02. The summed E-state index contributed by atoms with van der Waals surface area (Å²) in [6, 6.07) is 0.685. The van der Waals surface area contributed by atoms with E-state index in [1.165, 1.54) is 32.1 Å². The number of fused-ring (bicyclic) bond motifs is 1. The molecule has 0 aromatic carbocycles. The van der Waals surface area contributed by atoms with Crippen molar-refractivity contribution in [1.82, 2.24) is 15.3 Å². The number of nitrogens with one attached hydrogen (secondary N) is 1. The highest BCUT2D eigenvalue weighted by Gasteiger charge is 2.35. The zero-order valence-electron chi connectivity index (χ0n) is 12.9. The van der Waals surface area contributed by atoms with Crippen LogP contribution in [0.2, 0.25) is 0 Å². The molecule has 3 rings (SSSR count). The average molecular weight is 290 g/mol. The average Bonchev–Trinajstić information content (AvgIpc) is 3.01. The standard InChI is InChI=1S/C16H26N4O/c1-21-9-7-17-10-13-11-18-16(19-12-13)20-8-3-5-14-4-2-6-15(14)20/h11-12,14-15,17H,2-10H2,1H3. The zero-order valence-corrected chi connectivity index (χ0v) is 12.9. The van der Waals surface area contributed by atoms with Gasteiger partial charge in [0.25, 0.3) is 0 Å². The molecule has 1 aromatic heterocycles. The monoisotopic (exact) mass is 290 g/mol. The number of anilines is 1. The van der Waals surface area contributed by atoms with E-state index in [0.29, 0.717) is 6.04 Å². The fraction of sp³-hybridized carbons (Fsp3) is 0.750. The topological polar surface area (TPSA) is 50.3 Å². The SMILES string of the molecule is COCCNCc1cnc(N2CCCC3CCCC32)nc1. The van der Waals surface area contributed by atoms with E-state index in [4.69, 9.17) is 4.74 Å². The van der Waals surface area contributed by atoms with Crippen molar-refractivity contribution in [3.05, 3.63) is 18.0 Å². The van der Waals surface area contributed by atoms with Crippen molar-refractivity contribution >= 4 is 5.95 Å². The molecule has 0 bridgehead atoms. The van der Waals surface area contributed by atoms with Crippen LogP contribution in [0.3, 0.4) is 0 Å². The Morgan fingerprint density at radius 2 is 2.05 bits per heavy atom. The molecular formula is C16H26N4O. The number of nitrogens with zero attached hydrogens (tertiary/aromatic N) is 3. The Hall–Kier alpha value is -1.20. The van der Waals surface area contributed by atoms with Gasteiger partial charge in [-0.05, 0) is 31.6 Å². The van der Waals surface area contributed by atoms with Gasteiger partial charge in [-0.25, -0.2) is 9.97 Å². The van der Waals surface area contributed by atoms with Crippen molar-refractivity contribution in [2.45, 2.75) is 44.7 Å². The van der Waals surface area contributed by atoms with Crippen LogP contribution in [0.15, 0.2) is 12.4 Å².